The van der Waals surface area contributed by atoms with E-state index in [-0.39, 0.29) is 11.5 Å². The Bertz CT molecular complexity index is 697. The number of aliphatic hydroxyl groups is 3. The van der Waals surface area contributed by atoms with Crippen LogP contribution in [0, 0.1) is 0 Å². The molecule has 2 aromatic rings. The Hall–Kier alpha value is -1.88. The lowest BCUT2D eigenvalue weighted by Crippen LogP contribution is -2.52. The van der Waals surface area contributed by atoms with Gasteiger partial charge in [0.2, 0.25) is 0 Å². The van der Waals surface area contributed by atoms with Crippen molar-refractivity contribution >= 4 is 11.3 Å². The van der Waals surface area contributed by atoms with Gasteiger partial charge >= 0.3 is 0 Å². The van der Waals surface area contributed by atoms with Gasteiger partial charge in [-0.1, -0.05) is 0 Å². The zero-order chi connectivity index (χ0) is 16.1. The van der Waals surface area contributed by atoms with Crippen LogP contribution in [-0.4, -0.2) is 60.8 Å². The fraction of sp³-hybridized carbons (Fsp3) is 0.500. The van der Waals surface area contributed by atoms with Crippen LogP contribution in [0.5, 0.6) is 0 Å². The van der Waals surface area contributed by atoms with E-state index < -0.39 is 36.9 Å². The fourth-order valence-electron chi connectivity index (χ4n) is 2.63. The van der Waals surface area contributed by atoms with Crippen molar-refractivity contribution in [2.75, 3.05) is 12.3 Å². The molecule has 0 aromatic carbocycles. The summed E-state index contributed by atoms with van der Waals surface area (Å²) < 4.78 is 32.8. The maximum Gasteiger partial charge on any atom is 0.272 e. The van der Waals surface area contributed by atoms with Crippen LogP contribution in [0.2, 0.25) is 0 Å². The molecule has 0 amide bonds. The molecule has 3 heterocycles. The van der Waals surface area contributed by atoms with Crippen molar-refractivity contribution in [1.29, 1.82) is 0 Å². The van der Waals surface area contributed by atoms with Gasteiger partial charge in [0.25, 0.3) is 6.43 Å². The Morgan fingerprint density at radius 1 is 1.41 bits per heavy atom. The number of anilines is 1. The minimum atomic E-state index is -3.18. The molecule has 1 aliphatic rings. The highest BCUT2D eigenvalue weighted by Gasteiger charge is 2.60. The summed E-state index contributed by atoms with van der Waals surface area (Å²) in [4.78, 5) is 3.79. The molecule has 0 aliphatic carbocycles. The van der Waals surface area contributed by atoms with Crippen LogP contribution in [0.1, 0.15) is 11.8 Å². The Kier molecular flexibility index (Phi) is 3.48. The Labute approximate surface area is 122 Å². The third-order valence-electron chi connectivity index (χ3n) is 3.90. The molecule has 0 spiro atoms. The van der Waals surface area contributed by atoms with Crippen molar-refractivity contribution < 1.29 is 28.8 Å². The average molecular weight is 316 g/mol. The molecule has 1 fully saturated rings. The monoisotopic (exact) mass is 316 g/mol. The van der Waals surface area contributed by atoms with Gasteiger partial charge in [0.05, 0.1) is 12.3 Å². The van der Waals surface area contributed by atoms with Gasteiger partial charge in [0.15, 0.2) is 11.4 Å². The molecular formula is C12H14F2N4O4. The number of alkyl halides is 2. The normalized spacial score (nSPS) is 32.2. The molecule has 1 aliphatic heterocycles. The minimum absolute atomic E-state index is 0.163. The number of aliphatic hydroxyl groups excluding tert-OH is 3. The van der Waals surface area contributed by atoms with E-state index in [1.54, 1.807) is 0 Å². The second-order valence-corrected chi connectivity index (χ2v) is 5.09. The summed E-state index contributed by atoms with van der Waals surface area (Å²) in [5.41, 5.74) is 3.74. The van der Waals surface area contributed by atoms with Crippen LogP contribution in [-0.2, 0) is 4.74 Å². The SMILES string of the molecule is Nc1ncnn2c([C@@H]3O[C@@](CO)(C(F)F)[C@@H](O)[C@H]3O)ccc12. The molecule has 0 saturated carbocycles. The zero-order valence-corrected chi connectivity index (χ0v) is 11.2. The number of rotatable bonds is 3. The van der Waals surface area contributed by atoms with E-state index in [4.69, 9.17) is 10.5 Å². The van der Waals surface area contributed by atoms with E-state index >= 15 is 0 Å². The number of halogens is 2. The summed E-state index contributed by atoms with van der Waals surface area (Å²) in [5.74, 6) is 0.163. The fourth-order valence-corrected chi connectivity index (χ4v) is 2.63. The molecule has 120 valence electrons. The van der Waals surface area contributed by atoms with Crippen LogP contribution in [0.3, 0.4) is 0 Å². The summed E-state index contributed by atoms with van der Waals surface area (Å²) in [6.07, 6.45) is -6.93. The van der Waals surface area contributed by atoms with Gasteiger partial charge in [-0.15, -0.1) is 0 Å². The summed E-state index contributed by atoms with van der Waals surface area (Å²) in [6.45, 7) is -1.14. The number of ether oxygens (including phenoxy) is 1. The quantitative estimate of drug-likeness (QED) is 0.578. The van der Waals surface area contributed by atoms with Gasteiger partial charge in [-0.05, 0) is 12.1 Å². The molecule has 3 rings (SSSR count). The molecule has 1 saturated heterocycles. The summed E-state index contributed by atoms with van der Waals surface area (Å²) in [6, 6.07) is 3.01. The number of hydrogen-bond donors (Lipinski definition) is 4. The molecule has 22 heavy (non-hydrogen) atoms. The largest absolute Gasteiger partial charge is 0.393 e. The molecule has 10 heteroatoms. The van der Waals surface area contributed by atoms with E-state index in [9.17, 15) is 24.1 Å². The number of hydrogen-bond acceptors (Lipinski definition) is 7. The van der Waals surface area contributed by atoms with E-state index in [0.29, 0.717) is 5.52 Å². The molecule has 5 N–H and O–H groups in total. The third kappa shape index (κ3) is 1.88. The van der Waals surface area contributed by atoms with E-state index in [2.05, 4.69) is 10.1 Å². The molecule has 0 unspecified atom stereocenters. The van der Waals surface area contributed by atoms with Crippen molar-refractivity contribution in [3.8, 4) is 0 Å². The number of fused-ring (bicyclic) bond motifs is 1. The molecule has 0 bridgehead atoms. The predicted molar refractivity (Wildman–Crippen MR) is 69.1 cm³/mol. The number of aromatic nitrogens is 3. The van der Waals surface area contributed by atoms with Crippen LogP contribution in [0.4, 0.5) is 14.6 Å². The van der Waals surface area contributed by atoms with Crippen molar-refractivity contribution in [1.82, 2.24) is 14.6 Å². The maximum atomic E-state index is 13.2. The lowest BCUT2D eigenvalue weighted by molar-refractivity contribution is -0.186. The van der Waals surface area contributed by atoms with Crippen LogP contribution >= 0.6 is 0 Å². The summed E-state index contributed by atoms with van der Waals surface area (Å²) in [5, 5.41) is 33.1. The summed E-state index contributed by atoms with van der Waals surface area (Å²) in [7, 11) is 0. The highest BCUT2D eigenvalue weighted by atomic mass is 19.3. The highest BCUT2D eigenvalue weighted by Crippen LogP contribution is 2.43. The highest BCUT2D eigenvalue weighted by molar-refractivity contribution is 5.65. The zero-order valence-electron chi connectivity index (χ0n) is 11.2. The van der Waals surface area contributed by atoms with E-state index in [1.807, 2.05) is 0 Å². The second-order valence-electron chi connectivity index (χ2n) is 5.09. The average Bonchev–Trinajstić information content (AvgIpc) is 3.02. The Morgan fingerprint density at radius 2 is 2.14 bits per heavy atom. The van der Waals surface area contributed by atoms with E-state index in [1.165, 1.54) is 16.6 Å². The van der Waals surface area contributed by atoms with E-state index in [0.717, 1.165) is 6.33 Å². The van der Waals surface area contributed by atoms with Gasteiger partial charge in [-0.3, -0.25) is 0 Å². The van der Waals surface area contributed by atoms with Gasteiger partial charge in [0, 0.05) is 0 Å². The topological polar surface area (TPSA) is 126 Å². The van der Waals surface area contributed by atoms with Crippen molar-refractivity contribution in [2.24, 2.45) is 0 Å². The molecular weight excluding hydrogens is 302 g/mol. The first-order valence-corrected chi connectivity index (χ1v) is 6.43. The third-order valence-corrected chi connectivity index (χ3v) is 3.90. The second kappa shape index (κ2) is 5.09. The predicted octanol–water partition coefficient (Wildman–Crippen LogP) is -0.899. The standard InChI is InChI=1S/C12H14F2N4O4/c13-11(14)12(3-19)9(21)7(20)8(22-12)5-1-2-6-10(15)16-4-17-18(5)6/h1-2,4,7-9,11,19-21H,3H2,(H2,15,16,17)/t7-,8-,9-,12+/m0/s1. The van der Waals surface area contributed by atoms with Gasteiger partial charge in [-0.25, -0.2) is 18.3 Å². The Morgan fingerprint density at radius 3 is 2.73 bits per heavy atom. The maximum absolute atomic E-state index is 13.2. The van der Waals surface area contributed by atoms with Gasteiger partial charge in [-0.2, -0.15) is 5.10 Å². The van der Waals surface area contributed by atoms with Gasteiger partial charge in [0.1, 0.15) is 30.2 Å². The molecule has 0 radical (unpaired) electrons. The first-order chi connectivity index (χ1) is 10.4. The smallest absolute Gasteiger partial charge is 0.272 e. The number of nitrogens with two attached hydrogens (primary N) is 1. The molecule has 8 nitrogen and oxygen atoms in total. The minimum Gasteiger partial charge on any atom is -0.393 e. The number of nitrogen functional groups attached to an aromatic ring is 1. The van der Waals surface area contributed by atoms with Crippen LogP contribution in [0.15, 0.2) is 18.5 Å². The molecule has 2 aromatic heterocycles. The van der Waals surface area contributed by atoms with Crippen LogP contribution in [0.25, 0.3) is 5.52 Å². The lowest BCUT2D eigenvalue weighted by atomic mass is 9.95. The first kappa shape index (κ1) is 15.0. The van der Waals surface area contributed by atoms with Crippen molar-refractivity contribution in [3.63, 3.8) is 0 Å². The number of nitrogens with zero attached hydrogens (tertiary/aromatic N) is 3. The van der Waals surface area contributed by atoms with Crippen molar-refractivity contribution in [3.05, 3.63) is 24.2 Å². The van der Waals surface area contributed by atoms with Crippen LogP contribution < -0.4 is 5.73 Å². The molecule has 4 atom stereocenters. The lowest BCUT2D eigenvalue weighted by Gasteiger charge is -2.28. The summed E-state index contributed by atoms with van der Waals surface area (Å²) >= 11 is 0. The Balaban J connectivity index is 2.06. The van der Waals surface area contributed by atoms with Crippen molar-refractivity contribution in [2.45, 2.75) is 30.3 Å². The van der Waals surface area contributed by atoms with Gasteiger partial charge < -0.3 is 25.8 Å². The first-order valence-electron chi connectivity index (χ1n) is 6.43.